The zero-order valence-electron chi connectivity index (χ0n) is 13.7. The van der Waals surface area contributed by atoms with Crippen molar-refractivity contribution in [3.63, 3.8) is 0 Å². The number of rotatable bonds is 7. The van der Waals surface area contributed by atoms with E-state index in [0.717, 1.165) is 6.26 Å². The lowest BCUT2D eigenvalue weighted by Gasteiger charge is -2.22. The molecule has 0 N–H and O–H groups in total. The maximum Gasteiger partial charge on any atom is 0.314 e. The second kappa shape index (κ2) is 7.20. The first-order valence-corrected chi connectivity index (χ1v) is 9.36. The van der Waals surface area contributed by atoms with Crippen molar-refractivity contribution in [2.75, 3.05) is 17.1 Å². The van der Waals surface area contributed by atoms with Gasteiger partial charge in [-0.3, -0.25) is 8.99 Å². The van der Waals surface area contributed by atoms with Gasteiger partial charge in [-0.1, -0.05) is 18.2 Å². The number of benzene rings is 1. The smallest absolute Gasteiger partial charge is 0.314 e. The molecule has 0 amide bonds. The second-order valence-corrected chi connectivity index (χ2v) is 7.32. The minimum atomic E-state index is -3.47. The van der Waals surface area contributed by atoms with Crippen molar-refractivity contribution < 1.29 is 21.6 Å². The van der Waals surface area contributed by atoms with Crippen molar-refractivity contribution in [1.29, 1.82) is 0 Å². The summed E-state index contributed by atoms with van der Waals surface area (Å²) in [6, 6.07) is 8.67. The lowest BCUT2D eigenvalue weighted by atomic mass is 10.3. The molecular formula is C15H15F2N5O3S. The minimum absolute atomic E-state index is 0.0745. The van der Waals surface area contributed by atoms with Gasteiger partial charge in [-0.25, -0.2) is 8.42 Å². The SMILES string of the molecule is CS(=O)(=O)N(CCn1cc(-c2nnc(C(F)F)o2)cn1)c1ccccc1. The van der Waals surface area contributed by atoms with Crippen LogP contribution >= 0.6 is 0 Å². The molecule has 0 aliphatic heterocycles. The van der Waals surface area contributed by atoms with Gasteiger partial charge in [-0.15, -0.1) is 10.2 Å². The molecule has 0 bridgehead atoms. The highest BCUT2D eigenvalue weighted by atomic mass is 32.2. The van der Waals surface area contributed by atoms with Gasteiger partial charge in [0.05, 0.1) is 36.8 Å². The fourth-order valence-corrected chi connectivity index (χ4v) is 3.23. The quantitative estimate of drug-likeness (QED) is 0.622. The van der Waals surface area contributed by atoms with E-state index in [-0.39, 0.29) is 19.0 Å². The standard InChI is InChI=1S/C15H15F2N5O3S/c1-26(23,24)22(12-5-3-2-4-6-12)8-7-21-10-11(9-18-21)14-19-20-15(25-14)13(16)17/h2-6,9-10,13H,7-8H2,1H3. The first-order chi connectivity index (χ1) is 12.3. The Kier molecular flexibility index (Phi) is 4.98. The van der Waals surface area contributed by atoms with Crippen LogP contribution in [0.25, 0.3) is 11.5 Å². The number of anilines is 1. The van der Waals surface area contributed by atoms with Crippen LogP contribution in [0.1, 0.15) is 12.3 Å². The molecule has 2 aromatic heterocycles. The number of nitrogens with zero attached hydrogens (tertiary/aromatic N) is 5. The lowest BCUT2D eigenvalue weighted by Crippen LogP contribution is -2.33. The number of hydrogen-bond acceptors (Lipinski definition) is 6. The largest absolute Gasteiger partial charge is 0.415 e. The monoisotopic (exact) mass is 383 g/mol. The fourth-order valence-electron chi connectivity index (χ4n) is 2.31. The van der Waals surface area contributed by atoms with Gasteiger partial charge >= 0.3 is 6.43 Å². The molecule has 1 aromatic carbocycles. The Hall–Kier alpha value is -2.82. The van der Waals surface area contributed by atoms with Crippen LogP contribution in [0.2, 0.25) is 0 Å². The number of sulfonamides is 1. The number of alkyl halides is 2. The van der Waals surface area contributed by atoms with Crippen LogP contribution in [0.4, 0.5) is 14.5 Å². The van der Waals surface area contributed by atoms with Crippen LogP contribution in [0, 0.1) is 0 Å². The average molecular weight is 383 g/mol. The zero-order chi connectivity index (χ0) is 18.7. The Balaban J connectivity index is 1.74. The summed E-state index contributed by atoms with van der Waals surface area (Å²) < 4.78 is 56.7. The first kappa shape index (κ1) is 18.0. The van der Waals surface area contributed by atoms with E-state index in [1.807, 2.05) is 0 Å². The van der Waals surface area contributed by atoms with Crippen LogP contribution in [0.3, 0.4) is 0 Å². The lowest BCUT2D eigenvalue weighted by molar-refractivity contribution is 0.116. The number of hydrogen-bond donors (Lipinski definition) is 0. The number of aromatic nitrogens is 4. The molecular weight excluding hydrogens is 368 g/mol. The molecule has 8 nitrogen and oxygen atoms in total. The van der Waals surface area contributed by atoms with Gasteiger partial charge in [0.15, 0.2) is 0 Å². The van der Waals surface area contributed by atoms with E-state index in [4.69, 9.17) is 4.42 Å². The normalized spacial score (nSPS) is 11.8. The number of para-hydroxylation sites is 1. The molecule has 138 valence electrons. The third kappa shape index (κ3) is 4.04. The third-order valence-corrected chi connectivity index (χ3v) is 4.68. The minimum Gasteiger partial charge on any atom is -0.415 e. The van der Waals surface area contributed by atoms with E-state index in [9.17, 15) is 17.2 Å². The summed E-state index contributed by atoms with van der Waals surface area (Å²) in [6.45, 7) is 0.397. The molecule has 0 saturated carbocycles. The predicted molar refractivity (Wildman–Crippen MR) is 89.1 cm³/mol. The molecule has 3 aromatic rings. The highest BCUT2D eigenvalue weighted by molar-refractivity contribution is 7.92. The molecule has 0 unspecified atom stereocenters. The third-order valence-electron chi connectivity index (χ3n) is 3.48. The van der Waals surface area contributed by atoms with Gasteiger partial charge in [0.25, 0.3) is 11.8 Å². The van der Waals surface area contributed by atoms with E-state index in [1.165, 1.54) is 21.4 Å². The molecule has 11 heteroatoms. The summed E-state index contributed by atoms with van der Waals surface area (Å²) in [5.74, 6) is -0.838. The highest BCUT2D eigenvalue weighted by Crippen LogP contribution is 2.23. The van der Waals surface area contributed by atoms with Gasteiger partial charge in [0, 0.05) is 6.20 Å². The Morgan fingerprint density at radius 2 is 1.96 bits per heavy atom. The summed E-state index contributed by atoms with van der Waals surface area (Å²) in [4.78, 5) is 0. The van der Waals surface area contributed by atoms with Crippen molar-refractivity contribution in [2.24, 2.45) is 0 Å². The Bertz CT molecular complexity index is 972. The molecule has 0 fully saturated rings. The Labute approximate surface area is 148 Å². The van der Waals surface area contributed by atoms with E-state index >= 15 is 0 Å². The van der Waals surface area contributed by atoms with Crippen molar-refractivity contribution in [1.82, 2.24) is 20.0 Å². The van der Waals surface area contributed by atoms with Gasteiger partial charge < -0.3 is 4.42 Å². The molecule has 0 atom stereocenters. The fraction of sp³-hybridized carbons (Fsp3) is 0.267. The van der Waals surface area contributed by atoms with E-state index in [1.54, 1.807) is 30.3 Å². The van der Waals surface area contributed by atoms with Crippen LogP contribution in [0.15, 0.2) is 47.1 Å². The molecule has 0 spiro atoms. The summed E-state index contributed by atoms with van der Waals surface area (Å²) in [5, 5.41) is 10.9. The molecule has 26 heavy (non-hydrogen) atoms. The molecule has 0 aliphatic rings. The molecule has 0 aliphatic carbocycles. The van der Waals surface area contributed by atoms with Gasteiger partial charge in [-0.05, 0) is 12.1 Å². The van der Waals surface area contributed by atoms with Crippen molar-refractivity contribution in [2.45, 2.75) is 13.0 Å². The summed E-state index contributed by atoms with van der Waals surface area (Å²) >= 11 is 0. The van der Waals surface area contributed by atoms with Crippen LogP contribution in [-0.4, -0.2) is 41.2 Å². The molecule has 0 saturated heterocycles. The predicted octanol–water partition coefficient (Wildman–Crippen LogP) is 2.34. The molecule has 0 radical (unpaired) electrons. The van der Waals surface area contributed by atoms with Crippen molar-refractivity contribution >= 4 is 15.7 Å². The van der Waals surface area contributed by atoms with Gasteiger partial charge in [0.2, 0.25) is 10.0 Å². The van der Waals surface area contributed by atoms with Crippen molar-refractivity contribution in [3.8, 4) is 11.5 Å². The van der Waals surface area contributed by atoms with Crippen LogP contribution < -0.4 is 4.31 Å². The van der Waals surface area contributed by atoms with E-state index in [2.05, 4.69) is 15.3 Å². The van der Waals surface area contributed by atoms with Gasteiger partial charge in [-0.2, -0.15) is 13.9 Å². The average Bonchev–Trinajstić information content (AvgIpc) is 3.24. The Morgan fingerprint density at radius 3 is 2.58 bits per heavy atom. The molecule has 2 heterocycles. The van der Waals surface area contributed by atoms with E-state index in [0.29, 0.717) is 11.3 Å². The van der Waals surface area contributed by atoms with Gasteiger partial charge in [0.1, 0.15) is 0 Å². The number of halogens is 2. The van der Waals surface area contributed by atoms with Crippen LogP contribution in [0.5, 0.6) is 0 Å². The van der Waals surface area contributed by atoms with Crippen LogP contribution in [-0.2, 0) is 16.6 Å². The summed E-state index contributed by atoms with van der Waals surface area (Å²) in [7, 11) is -3.47. The Morgan fingerprint density at radius 1 is 1.23 bits per heavy atom. The topological polar surface area (TPSA) is 94.1 Å². The summed E-state index contributed by atoms with van der Waals surface area (Å²) in [6.07, 6.45) is 1.18. The zero-order valence-corrected chi connectivity index (χ0v) is 14.5. The maximum atomic E-state index is 12.5. The van der Waals surface area contributed by atoms with E-state index < -0.39 is 22.3 Å². The highest BCUT2D eigenvalue weighted by Gasteiger charge is 2.19. The second-order valence-electron chi connectivity index (χ2n) is 5.41. The van der Waals surface area contributed by atoms with Crippen molar-refractivity contribution in [3.05, 3.63) is 48.6 Å². The first-order valence-electron chi connectivity index (χ1n) is 7.52. The molecule has 3 rings (SSSR count). The summed E-state index contributed by atoms with van der Waals surface area (Å²) in [5.41, 5.74) is 0.913. The maximum absolute atomic E-state index is 12.5.